The number of hydrogen-bond donors (Lipinski definition) is 3. The lowest BCUT2D eigenvalue weighted by atomic mass is 9.69. The first-order valence-corrected chi connectivity index (χ1v) is 9.04. The normalized spacial score (nSPS) is 19.4. The Labute approximate surface area is 159 Å². The molecule has 27 heavy (non-hydrogen) atoms. The molecule has 1 atom stereocenters. The summed E-state index contributed by atoms with van der Waals surface area (Å²) in [6, 6.07) is 17.3. The van der Waals surface area contributed by atoms with Crippen LogP contribution in [0.25, 0.3) is 0 Å². The van der Waals surface area contributed by atoms with E-state index in [1.165, 1.54) is 6.21 Å². The van der Waals surface area contributed by atoms with Gasteiger partial charge in [-0.15, -0.1) is 0 Å². The molecule has 0 fully saturated rings. The highest BCUT2D eigenvalue weighted by Crippen LogP contribution is 2.40. The number of ether oxygens (including phenoxy) is 1. The van der Waals surface area contributed by atoms with Crippen LogP contribution in [0.15, 0.2) is 65.9 Å². The molecule has 140 valence electrons. The largest absolute Gasteiger partial charge is 0.496 e. The van der Waals surface area contributed by atoms with Gasteiger partial charge in [-0.1, -0.05) is 42.5 Å². The number of hydrogen-bond acceptors (Lipinski definition) is 4. The molecule has 0 aromatic heterocycles. The standard InChI is InChI=1S/C22H25N3O2/c1-27-20-10-6-5-9-18(20)21(26)25-15-22(17-7-3-2-4-8-17)12-11-16(14-23)19(24)13-22/h2-10,14,23H,11-13,15,24H2,1H3,(H,25,26). The quantitative estimate of drug-likeness (QED) is 0.687. The zero-order chi connectivity index (χ0) is 19.3. The van der Waals surface area contributed by atoms with E-state index in [1.54, 1.807) is 19.2 Å². The summed E-state index contributed by atoms with van der Waals surface area (Å²) in [4.78, 5) is 12.8. The predicted octanol–water partition coefficient (Wildman–Crippen LogP) is 3.41. The highest BCUT2D eigenvalue weighted by atomic mass is 16.5. The highest BCUT2D eigenvalue weighted by Gasteiger charge is 2.36. The molecule has 3 rings (SSSR count). The third-order valence-corrected chi connectivity index (χ3v) is 5.31. The van der Waals surface area contributed by atoms with Crippen LogP contribution in [0.1, 0.15) is 35.2 Å². The average molecular weight is 363 g/mol. The van der Waals surface area contributed by atoms with Crippen molar-refractivity contribution in [2.45, 2.75) is 24.7 Å². The summed E-state index contributed by atoms with van der Waals surface area (Å²) in [7, 11) is 1.56. The minimum Gasteiger partial charge on any atom is -0.496 e. The minimum absolute atomic E-state index is 0.164. The van der Waals surface area contributed by atoms with Crippen LogP contribution in [0.3, 0.4) is 0 Å². The van der Waals surface area contributed by atoms with Gasteiger partial charge in [-0.25, -0.2) is 0 Å². The van der Waals surface area contributed by atoms with E-state index in [0.29, 0.717) is 24.3 Å². The van der Waals surface area contributed by atoms with E-state index in [4.69, 9.17) is 15.9 Å². The molecule has 2 aromatic rings. The molecule has 1 unspecified atom stereocenters. The van der Waals surface area contributed by atoms with Gasteiger partial charge in [-0.2, -0.15) is 0 Å². The van der Waals surface area contributed by atoms with Crippen molar-refractivity contribution in [1.82, 2.24) is 5.32 Å². The van der Waals surface area contributed by atoms with Crippen molar-refractivity contribution >= 4 is 12.1 Å². The molecule has 1 aliphatic carbocycles. The molecule has 0 saturated carbocycles. The van der Waals surface area contributed by atoms with Crippen molar-refractivity contribution in [1.29, 1.82) is 5.41 Å². The second-order valence-corrected chi connectivity index (χ2v) is 6.90. The second kappa shape index (κ2) is 8.08. The third-order valence-electron chi connectivity index (χ3n) is 5.31. The van der Waals surface area contributed by atoms with E-state index in [2.05, 4.69) is 17.4 Å². The summed E-state index contributed by atoms with van der Waals surface area (Å²) in [5.41, 5.74) is 9.26. The fraction of sp³-hybridized carbons (Fsp3) is 0.273. The molecule has 1 aliphatic rings. The van der Waals surface area contributed by atoms with Gasteiger partial charge in [0.15, 0.2) is 0 Å². The van der Waals surface area contributed by atoms with E-state index in [0.717, 1.165) is 29.7 Å². The SMILES string of the molecule is COc1ccccc1C(=O)NCC1(c2ccccc2)CCC(C=N)=C(N)C1. The summed E-state index contributed by atoms with van der Waals surface area (Å²) in [6.45, 7) is 0.472. The molecule has 0 spiro atoms. The zero-order valence-electron chi connectivity index (χ0n) is 15.5. The maximum absolute atomic E-state index is 12.8. The number of carbonyl (C=O) groups excluding carboxylic acids is 1. The summed E-state index contributed by atoms with van der Waals surface area (Å²) in [5.74, 6) is 0.390. The molecule has 5 heteroatoms. The molecule has 0 bridgehead atoms. The Balaban J connectivity index is 1.86. The maximum atomic E-state index is 12.8. The van der Waals surface area contributed by atoms with E-state index in [-0.39, 0.29) is 11.3 Å². The van der Waals surface area contributed by atoms with E-state index < -0.39 is 0 Å². The van der Waals surface area contributed by atoms with Crippen LogP contribution in [0.4, 0.5) is 0 Å². The number of rotatable bonds is 6. The van der Waals surface area contributed by atoms with Gasteiger partial charge in [-0.3, -0.25) is 4.79 Å². The number of nitrogens with one attached hydrogen (secondary N) is 2. The molecule has 0 radical (unpaired) electrons. The number of methoxy groups -OCH3 is 1. The van der Waals surface area contributed by atoms with E-state index >= 15 is 0 Å². The van der Waals surface area contributed by atoms with Crippen LogP contribution < -0.4 is 15.8 Å². The molecule has 0 aliphatic heterocycles. The predicted molar refractivity (Wildman–Crippen MR) is 107 cm³/mol. The van der Waals surface area contributed by atoms with Gasteiger partial charge >= 0.3 is 0 Å². The maximum Gasteiger partial charge on any atom is 0.255 e. The Morgan fingerprint density at radius 3 is 2.59 bits per heavy atom. The van der Waals surface area contributed by atoms with Crippen molar-refractivity contribution in [3.8, 4) is 5.75 Å². The molecule has 1 amide bonds. The Morgan fingerprint density at radius 1 is 1.22 bits per heavy atom. The Hall–Kier alpha value is -3.08. The van der Waals surface area contributed by atoms with Crippen molar-refractivity contribution < 1.29 is 9.53 Å². The van der Waals surface area contributed by atoms with Crippen molar-refractivity contribution in [2.24, 2.45) is 5.73 Å². The minimum atomic E-state index is -0.282. The van der Waals surface area contributed by atoms with Gasteiger partial charge in [-0.05, 0) is 42.5 Å². The second-order valence-electron chi connectivity index (χ2n) is 6.90. The van der Waals surface area contributed by atoms with Gasteiger partial charge in [0.25, 0.3) is 5.91 Å². The summed E-state index contributed by atoms with van der Waals surface area (Å²) < 4.78 is 5.30. The first-order chi connectivity index (χ1) is 13.1. The van der Waals surface area contributed by atoms with Crippen LogP contribution in [0.2, 0.25) is 0 Å². The molecule has 0 saturated heterocycles. The van der Waals surface area contributed by atoms with E-state index in [1.807, 2.05) is 30.3 Å². The first-order valence-electron chi connectivity index (χ1n) is 9.04. The molecular weight excluding hydrogens is 338 g/mol. The fourth-order valence-electron chi connectivity index (χ4n) is 3.73. The lowest BCUT2D eigenvalue weighted by molar-refractivity contribution is 0.0937. The third kappa shape index (κ3) is 3.87. The lowest BCUT2D eigenvalue weighted by Crippen LogP contribution is -2.43. The molecule has 0 heterocycles. The number of nitrogens with two attached hydrogens (primary N) is 1. The van der Waals surface area contributed by atoms with Crippen LogP contribution in [0.5, 0.6) is 5.75 Å². The van der Waals surface area contributed by atoms with Crippen molar-refractivity contribution in [2.75, 3.05) is 13.7 Å². The van der Waals surface area contributed by atoms with Gasteiger partial charge in [0.1, 0.15) is 5.75 Å². The summed E-state index contributed by atoms with van der Waals surface area (Å²) in [6.07, 6.45) is 3.52. The van der Waals surface area contributed by atoms with Gasteiger partial charge in [0.2, 0.25) is 0 Å². The Kier molecular flexibility index (Phi) is 5.60. The molecule has 2 aromatic carbocycles. The van der Waals surface area contributed by atoms with Crippen LogP contribution in [-0.4, -0.2) is 25.8 Å². The van der Waals surface area contributed by atoms with Crippen LogP contribution in [0, 0.1) is 5.41 Å². The topological polar surface area (TPSA) is 88.2 Å². The molecule has 4 N–H and O–H groups in total. The van der Waals surface area contributed by atoms with Gasteiger partial charge < -0.3 is 21.2 Å². The highest BCUT2D eigenvalue weighted by molar-refractivity contribution is 5.97. The Bertz CT molecular complexity index is 861. The van der Waals surface area contributed by atoms with E-state index in [9.17, 15) is 4.79 Å². The smallest absolute Gasteiger partial charge is 0.255 e. The number of allylic oxidation sites excluding steroid dienone is 2. The number of para-hydroxylation sites is 1. The summed E-state index contributed by atoms with van der Waals surface area (Å²) >= 11 is 0. The van der Waals surface area contributed by atoms with Crippen molar-refractivity contribution in [3.63, 3.8) is 0 Å². The zero-order valence-corrected chi connectivity index (χ0v) is 15.5. The average Bonchev–Trinajstić information content (AvgIpc) is 2.72. The lowest BCUT2D eigenvalue weighted by Gasteiger charge is -2.38. The molecule has 5 nitrogen and oxygen atoms in total. The molecular formula is C22H25N3O2. The van der Waals surface area contributed by atoms with Crippen molar-refractivity contribution in [3.05, 3.63) is 77.0 Å². The number of amides is 1. The van der Waals surface area contributed by atoms with Gasteiger partial charge in [0, 0.05) is 23.9 Å². The van der Waals surface area contributed by atoms with Crippen LogP contribution in [-0.2, 0) is 5.41 Å². The number of benzene rings is 2. The fourth-order valence-corrected chi connectivity index (χ4v) is 3.73. The van der Waals surface area contributed by atoms with Gasteiger partial charge in [0.05, 0.1) is 12.7 Å². The number of carbonyl (C=O) groups is 1. The van der Waals surface area contributed by atoms with Crippen LogP contribution >= 0.6 is 0 Å². The Morgan fingerprint density at radius 2 is 1.93 bits per heavy atom. The first kappa shape index (κ1) is 18.7. The monoisotopic (exact) mass is 363 g/mol. The summed E-state index contributed by atoms with van der Waals surface area (Å²) in [5, 5.41) is 10.6.